The molecule has 140 valence electrons. The summed E-state index contributed by atoms with van der Waals surface area (Å²) in [6.45, 7) is 6.67. The van der Waals surface area contributed by atoms with Gasteiger partial charge < -0.3 is 0 Å². The van der Waals surface area contributed by atoms with E-state index in [1.807, 2.05) is 36.4 Å². The first-order chi connectivity index (χ1) is 13.8. The maximum atomic E-state index is 4.82. The highest BCUT2D eigenvalue weighted by Gasteiger charge is 2.14. The lowest BCUT2D eigenvalue weighted by Gasteiger charge is -2.07. The second-order valence-electron chi connectivity index (χ2n) is 6.32. The summed E-state index contributed by atoms with van der Waals surface area (Å²) in [5.74, 6) is 1.62. The van der Waals surface area contributed by atoms with Crippen molar-refractivity contribution in [3.05, 3.63) is 83.9 Å². The molecule has 0 N–H and O–H groups in total. The smallest absolute Gasteiger partial charge is 0.192 e. The van der Waals surface area contributed by atoms with Crippen molar-refractivity contribution in [3.8, 4) is 22.0 Å². The number of nitrogens with zero attached hydrogens (tertiary/aromatic N) is 4. The van der Waals surface area contributed by atoms with Crippen LogP contribution in [0.4, 0.5) is 0 Å². The molecule has 4 rings (SSSR count). The highest BCUT2D eigenvalue weighted by molar-refractivity contribution is 7.98. The van der Waals surface area contributed by atoms with E-state index in [0.717, 1.165) is 33.0 Å². The van der Waals surface area contributed by atoms with E-state index in [2.05, 4.69) is 57.9 Å². The highest BCUT2D eigenvalue weighted by atomic mass is 32.2. The molecule has 6 heteroatoms. The topological polar surface area (TPSA) is 43.6 Å². The lowest BCUT2D eigenvalue weighted by Crippen LogP contribution is -2.00. The van der Waals surface area contributed by atoms with Crippen LogP contribution in [0, 0.1) is 6.92 Å². The number of hydrogen-bond acceptors (Lipinski definition) is 5. The Labute approximate surface area is 173 Å². The van der Waals surface area contributed by atoms with Crippen molar-refractivity contribution in [2.75, 3.05) is 0 Å². The molecule has 28 heavy (non-hydrogen) atoms. The van der Waals surface area contributed by atoms with E-state index in [9.17, 15) is 0 Å². The van der Waals surface area contributed by atoms with E-state index < -0.39 is 0 Å². The van der Waals surface area contributed by atoms with Crippen LogP contribution in [0.3, 0.4) is 0 Å². The molecule has 0 spiro atoms. The van der Waals surface area contributed by atoms with E-state index in [0.29, 0.717) is 6.54 Å². The molecule has 0 amide bonds. The molecule has 2 aromatic carbocycles. The van der Waals surface area contributed by atoms with Crippen LogP contribution in [0.15, 0.2) is 77.8 Å². The van der Waals surface area contributed by atoms with Gasteiger partial charge in [0.15, 0.2) is 11.0 Å². The fourth-order valence-electron chi connectivity index (χ4n) is 2.94. The summed E-state index contributed by atoms with van der Waals surface area (Å²) in [5.41, 5.74) is 4.56. The van der Waals surface area contributed by atoms with Crippen molar-refractivity contribution in [2.45, 2.75) is 24.4 Å². The summed E-state index contributed by atoms with van der Waals surface area (Å²) in [4.78, 5) is 4.82. The second-order valence-corrected chi connectivity index (χ2v) is 8.12. The Morgan fingerprint density at radius 2 is 1.86 bits per heavy atom. The van der Waals surface area contributed by atoms with E-state index >= 15 is 0 Å². The Balaban J connectivity index is 1.54. The molecule has 0 unspecified atom stereocenters. The zero-order valence-corrected chi connectivity index (χ0v) is 17.2. The van der Waals surface area contributed by atoms with Crippen LogP contribution < -0.4 is 0 Å². The number of aromatic nitrogens is 4. The number of hydrogen-bond donors (Lipinski definition) is 0. The molecule has 0 fully saturated rings. The van der Waals surface area contributed by atoms with Crippen molar-refractivity contribution in [1.29, 1.82) is 0 Å². The maximum Gasteiger partial charge on any atom is 0.192 e. The first kappa shape index (κ1) is 18.7. The van der Waals surface area contributed by atoms with Crippen LogP contribution in [0.25, 0.3) is 22.0 Å². The predicted molar refractivity (Wildman–Crippen MR) is 118 cm³/mol. The molecule has 0 aliphatic rings. The van der Waals surface area contributed by atoms with Gasteiger partial charge in [-0.1, -0.05) is 72.4 Å². The number of rotatable bonds is 7. The molecule has 0 saturated heterocycles. The Hall–Kier alpha value is -2.70. The van der Waals surface area contributed by atoms with Gasteiger partial charge in [-0.05, 0) is 12.5 Å². The standard InChI is InChI=1S/C22H20N4S2/c1-3-13-26-20(17-10-5-4-6-11-17)24-25-22(26)28-15-18-14-27-21(23-18)19-12-8-7-9-16(19)2/h3-12,14H,1,13,15H2,2H3. The van der Waals surface area contributed by atoms with Gasteiger partial charge in [-0.2, -0.15) is 0 Å². The number of benzene rings is 2. The molecular formula is C22H20N4S2. The summed E-state index contributed by atoms with van der Waals surface area (Å²) in [6.07, 6.45) is 1.87. The number of thioether (sulfide) groups is 1. The molecule has 4 aromatic rings. The first-order valence-electron chi connectivity index (χ1n) is 8.99. The summed E-state index contributed by atoms with van der Waals surface area (Å²) >= 11 is 3.34. The molecule has 0 atom stereocenters. The summed E-state index contributed by atoms with van der Waals surface area (Å²) in [5, 5.41) is 12.9. The minimum absolute atomic E-state index is 0.672. The van der Waals surface area contributed by atoms with Gasteiger partial charge in [0.1, 0.15) is 5.01 Å². The van der Waals surface area contributed by atoms with Crippen molar-refractivity contribution < 1.29 is 0 Å². The molecular weight excluding hydrogens is 384 g/mol. The van der Waals surface area contributed by atoms with Gasteiger partial charge in [-0.25, -0.2) is 4.98 Å². The minimum atomic E-state index is 0.672. The fraction of sp³-hybridized carbons (Fsp3) is 0.136. The molecule has 4 nitrogen and oxygen atoms in total. The average Bonchev–Trinajstić information content (AvgIpc) is 3.35. The van der Waals surface area contributed by atoms with E-state index in [4.69, 9.17) is 4.98 Å². The quantitative estimate of drug-likeness (QED) is 0.286. The van der Waals surface area contributed by atoms with Crippen molar-refractivity contribution in [1.82, 2.24) is 19.7 Å². The van der Waals surface area contributed by atoms with Crippen LogP contribution in [0.1, 0.15) is 11.3 Å². The molecule has 0 bridgehead atoms. The average molecular weight is 405 g/mol. The Morgan fingerprint density at radius 1 is 1.07 bits per heavy atom. The number of allylic oxidation sites excluding steroid dienone is 1. The zero-order valence-electron chi connectivity index (χ0n) is 15.6. The van der Waals surface area contributed by atoms with Crippen molar-refractivity contribution >= 4 is 23.1 Å². The van der Waals surface area contributed by atoms with Crippen molar-refractivity contribution in [2.24, 2.45) is 0 Å². The zero-order chi connectivity index (χ0) is 19.3. The van der Waals surface area contributed by atoms with Crippen LogP contribution in [0.2, 0.25) is 0 Å². The molecule has 2 aromatic heterocycles. The van der Waals surface area contributed by atoms with Gasteiger partial charge in [0.25, 0.3) is 0 Å². The Kier molecular flexibility index (Phi) is 5.69. The summed E-state index contributed by atoms with van der Waals surface area (Å²) in [7, 11) is 0. The van der Waals surface area contributed by atoms with Gasteiger partial charge in [-0.3, -0.25) is 4.57 Å². The summed E-state index contributed by atoms with van der Waals surface area (Å²) in [6, 6.07) is 18.5. The van der Waals surface area contributed by atoms with Gasteiger partial charge in [0, 0.05) is 28.8 Å². The molecule has 0 aliphatic heterocycles. The number of thiazole rings is 1. The van der Waals surface area contributed by atoms with E-state index in [-0.39, 0.29) is 0 Å². The third-order valence-corrected chi connectivity index (χ3v) is 6.26. The maximum absolute atomic E-state index is 4.82. The van der Waals surface area contributed by atoms with Crippen molar-refractivity contribution in [3.63, 3.8) is 0 Å². The monoisotopic (exact) mass is 404 g/mol. The van der Waals surface area contributed by atoms with E-state index in [1.165, 1.54) is 11.1 Å². The highest BCUT2D eigenvalue weighted by Crippen LogP contribution is 2.30. The van der Waals surface area contributed by atoms with Crippen LogP contribution in [0.5, 0.6) is 0 Å². The van der Waals surface area contributed by atoms with Crippen LogP contribution in [-0.2, 0) is 12.3 Å². The first-order valence-corrected chi connectivity index (χ1v) is 10.9. The Bertz CT molecular complexity index is 1080. The lowest BCUT2D eigenvalue weighted by atomic mass is 10.1. The third kappa shape index (κ3) is 3.93. The third-order valence-electron chi connectivity index (χ3n) is 4.34. The fourth-order valence-corrected chi connectivity index (χ4v) is 4.79. The minimum Gasteiger partial charge on any atom is -0.298 e. The van der Waals surface area contributed by atoms with Gasteiger partial charge >= 0.3 is 0 Å². The van der Waals surface area contributed by atoms with Gasteiger partial charge in [-0.15, -0.1) is 28.1 Å². The van der Waals surface area contributed by atoms with Gasteiger partial charge in [0.05, 0.1) is 5.69 Å². The summed E-state index contributed by atoms with van der Waals surface area (Å²) < 4.78 is 2.10. The molecule has 0 radical (unpaired) electrons. The van der Waals surface area contributed by atoms with Crippen LogP contribution in [-0.4, -0.2) is 19.7 Å². The molecule has 0 saturated carbocycles. The number of aryl methyl sites for hydroxylation is 1. The predicted octanol–water partition coefficient (Wildman–Crippen LogP) is 5.86. The normalized spacial score (nSPS) is 10.9. The molecule has 0 aliphatic carbocycles. The van der Waals surface area contributed by atoms with E-state index in [1.54, 1.807) is 23.1 Å². The van der Waals surface area contributed by atoms with Crippen LogP contribution >= 0.6 is 23.1 Å². The largest absolute Gasteiger partial charge is 0.298 e. The lowest BCUT2D eigenvalue weighted by molar-refractivity contribution is 0.731. The SMILES string of the molecule is C=CCn1c(SCc2csc(-c3ccccc3C)n2)nnc1-c1ccccc1. The Morgan fingerprint density at radius 3 is 2.64 bits per heavy atom. The van der Waals surface area contributed by atoms with Gasteiger partial charge in [0.2, 0.25) is 0 Å². The molecule has 2 heterocycles. The second kappa shape index (κ2) is 8.54.